The summed E-state index contributed by atoms with van der Waals surface area (Å²) >= 11 is 0. The van der Waals surface area contributed by atoms with E-state index >= 15 is 0 Å². The Labute approximate surface area is 223 Å². The van der Waals surface area contributed by atoms with Gasteiger partial charge in [0, 0.05) is 36.3 Å². The van der Waals surface area contributed by atoms with Crippen molar-refractivity contribution in [3.63, 3.8) is 0 Å². The molecule has 3 aromatic rings. The van der Waals surface area contributed by atoms with Gasteiger partial charge in [-0.2, -0.15) is 0 Å². The van der Waals surface area contributed by atoms with Gasteiger partial charge in [0.1, 0.15) is 24.1 Å². The fourth-order valence-electron chi connectivity index (χ4n) is 4.54. The lowest BCUT2D eigenvalue weighted by molar-refractivity contribution is -0.116. The maximum Gasteiger partial charge on any atom is 0.404 e. The van der Waals surface area contributed by atoms with Crippen molar-refractivity contribution < 1.29 is 32.2 Å². The fourth-order valence-corrected chi connectivity index (χ4v) is 4.54. The Kier molecular flexibility index (Phi) is 9.50. The van der Waals surface area contributed by atoms with Crippen molar-refractivity contribution in [3.05, 3.63) is 95.1 Å². The Bertz CT molecular complexity index is 1280. The minimum Gasteiger partial charge on any atom is -0.448 e. The van der Waals surface area contributed by atoms with Gasteiger partial charge in [-0.25, -0.2) is 18.0 Å². The van der Waals surface area contributed by atoms with Gasteiger partial charge in [0.05, 0.1) is 24.9 Å². The van der Waals surface area contributed by atoms with Crippen molar-refractivity contribution in [2.45, 2.75) is 37.3 Å². The number of pyridine rings is 1. The van der Waals surface area contributed by atoms with E-state index in [9.17, 15) is 22.8 Å². The molecule has 39 heavy (non-hydrogen) atoms. The molecular weight excluding hydrogens is 513 g/mol. The van der Waals surface area contributed by atoms with Crippen molar-refractivity contribution in [1.82, 2.24) is 10.3 Å². The van der Waals surface area contributed by atoms with Crippen LogP contribution in [-0.2, 0) is 20.7 Å². The molecular formula is C28H29F3N4O4. The van der Waals surface area contributed by atoms with Gasteiger partial charge < -0.3 is 25.8 Å². The molecule has 206 valence electrons. The van der Waals surface area contributed by atoms with Crippen LogP contribution >= 0.6 is 0 Å². The molecule has 2 heterocycles. The summed E-state index contributed by atoms with van der Waals surface area (Å²) in [7, 11) is 0. The zero-order chi connectivity index (χ0) is 27.8. The third-order valence-electron chi connectivity index (χ3n) is 6.54. The number of benzene rings is 2. The third kappa shape index (κ3) is 7.78. The molecule has 11 heteroatoms. The lowest BCUT2D eigenvalue weighted by Gasteiger charge is -2.30. The van der Waals surface area contributed by atoms with Gasteiger partial charge in [0.25, 0.3) is 0 Å². The van der Waals surface area contributed by atoms with Crippen LogP contribution in [0.5, 0.6) is 0 Å². The molecule has 1 aliphatic rings. The van der Waals surface area contributed by atoms with Crippen LogP contribution in [0.2, 0.25) is 0 Å². The molecule has 0 saturated carbocycles. The number of hydrogen-bond acceptors (Lipinski definition) is 6. The lowest BCUT2D eigenvalue weighted by Crippen LogP contribution is -2.49. The van der Waals surface area contributed by atoms with Crippen LogP contribution in [0.15, 0.2) is 60.9 Å². The van der Waals surface area contributed by atoms with Crippen LogP contribution in [0.25, 0.3) is 0 Å². The van der Waals surface area contributed by atoms with Crippen LogP contribution in [0.4, 0.5) is 23.7 Å². The Balaban J connectivity index is 1.42. The number of nitrogens with one attached hydrogen (secondary N) is 2. The molecule has 4 N–H and O–H groups in total. The standard InChI is InChI=1S/C28H29F3N4O4/c29-18-6-4-17(5-7-18)23(21-10-11-33-14-25(21)31)12-27(36)35-26-3-1-2-24(30)22(26)9-8-20-13-34-19(15-38-20)16-39-28(32)37/h1-7,10-11,14,19-20,23,34H,8-9,12-13,15-16H2,(H2,32,37)(H,35,36)/t19-,20+,23-/m0/s1. The number of ether oxygens (including phenoxy) is 2. The van der Waals surface area contributed by atoms with Gasteiger partial charge in [0.2, 0.25) is 5.91 Å². The average Bonchev–Trinajstić information content (AvgIpc) is 2.92. The zero-order valence-electron chi connectivity index (χ0n) is 21.0. The first kappa shape index (κ1) is 28.1. The molecule has 3 atom stereocenters. The van der Waals surface area contributed by atoms with E-state index in [0.29, 0.717) is 36.4 Å². The van der Waals surface area contributed by atoms with Crippen molar-refractivity contribution in [3.8, 4) is 0 Å². The summed E-state index contributed by atoms with van der Waals surface area (Å²) in [6, 6.07) is 11.2. The van der Waals surface area contributed by atoms with Crippen molar-refractivity contribution in [2.75, 3.05) is 25.1 Å². The Morgan fingerprint density at radius 3 is 2.62 bits per heavy atom. The number of carbonyl (C=O) groups excluding carboxylic acids is 2. The van der Waals surface area contributed by atoms with Crippen molar-refractivity contribution >= 4 is 17.7 Å². The second kappa shape index (κ2) is 13.2. The van der Waals surface area contributed by atoms with E-state index in [0.717, 1.165) is 6.20 Å². The molecule has 0 radical (unpaired) electrons. The number of amides is 2. The number of aromatic nitrogens is 1. The highest BCUT2D eigenvalue weighted by atomic mass is 19.1. The normalized spacial score (nSPS) is 17.8. The number of morpholine rings is 1. The number of nitrogens with zero attached hydrogens (tertiary/aromatic N) is 1. The first-order valence-corrected chi connectivity index (χ1v) is 12.5. The number of anilines is 1. The first-order valence-electron chi connectivity index (χ1n) is 12.5. The number of rotatable bonds is 10. The van der Waals surface area contributed by atoms with E-state index in [-0.39, 0.29) is 37.2 Å². The van der Waals surface area contributed by atoms with Gasteiger partial charge in [-0.05, 0) is 54.3 Å². The Morgan fingerprint density at radius 1 is 1.13 bits per heavy atom. The molecule has 0 bridgehead atoms. The fraction of sp³-hybridized carbons (Fsp3) is 0.321. The molecule has 1 saturated heterocycles. The summed E-state index contributed by atoms with van der Waals surface area (Å²) in [5, 5.41) is 5.97. The van der Waals surface area contributed by atoms with E-state index in [2.05, 4.69) is 15.6 Å². The largest absolute Gasteiger partial charge is 0.448 e. The zero-order valence-corrected chi connectivity index (χ0v) is 21.0. The maximum absolute atomic E-state index is 14.8. The molecule has 2 amide bonds. The monoisotopic (exact) mass is 542 g/mol. The van der Waals surface area contributed by atoms with E-state index in [1.807, 2.05) is 0 Å². The number of primary amides is 1. The van der Waals surface area contributed by atoms with Crippen LogP contribution < -0.4 is 16.4 Å². The van der Waals surface area contributed by atoms with Gasteiger partial charge in [-0.15, -0.1) is 0 Å². The van der Waals surface area contributed by atoms with Gasteiger partial charge in [-0.1, -0.05) is 18.2 Å². The van der Waals surface area contributed by atoms with Crippen molar-refractivity contribution in [1.29, 1.82) is 0 Å². The second-order valence-corrected chi connectivity index (χ2v) is 9.25. The summed E-state index contributed by atoms with van der Waals surface area (Å²) in [6.45, 7) is 0.864. The Morgan fingerprint density at radius 2 is 1.92 bits per heavy atom. The second-order valence-electron chi connectivity index (χ2n) is 9.25. The molecule has 0 spiro atoms. The molecule has 0 unspecified atom stereocenters. The number of nitrogens with two attached hydrogens (primary N) is 1. The van der Waals surface area contributed by atoms with Crippen LogP contribution in [-0.4, -0.2) is 48.9 Å². The van der Waals surface area contributed by atoms with E-state index < -0.39 is 35.4 Å². The molecule has 4 rings (SSSR count). The minimum atomic E-state index is -0.858. The van der Waals surface area contributed by atoms with Crippen LogP contribution in [0, 0.1) is 17.5 Å². The van der Waals surface area contributed by atoms with Crippen molar-refractivity contribution in [2.24, 2.45) is 5.73 Å². The van der Waals surface area contributed by atoms with E-state index in [1.165, 1.54) is 48.7 Å². The minimum absolute atomic E-state index is 0.0911. The third-order valence-corrected chi connectivity index (χ3v) is 6.54. The quantitative estimate of drug-likeness (QED) is 0.356. The smallest absolute Gasteiger partial charge is 0.404 e. The number of carbonyl (C=O) groups is 2. The van der Waals surface area contributed by atoms with Gasteiger partial charge in [0.15, 0.2) is 0 Å². The highest BCUT2D eigenvalue weighted by Gasteiger charge is 2.25. The first-order chi connectivity index (χ1) is 18.8. The molecule has 1 aromatic heterocycles. The molecule has 1 aliphatic heterocycles. The summed E-state index contributed by atoms with van der Waals surface area (Å²) < 4.78 is 53.5. The molecule has 0 aliphatic carbocycles. The Hall–Kier alpha value is -3.96. The summed E-state index contributed by atoms with van der Waals surface area (Å²) in [5.74, 6) is -2.68. The molecule has 2 aromatic carbocycles. The maximum atomic E-state index is 14.8. The van der Waals surface area contributed by atoms with E-state index in [1.54, 1.807) is 6.07 Å². The van der Waals surface area contributed by atoms with Crippen LogP contribution in [0.3, 0.4) is 0 Å². The summed E-state index contributed by atoms with van der Waals surface area (Å²) in [4.78, 5) is 27.7. The lowest BCUT2D eigenvalue weighted by atomic mass is 9.88. The molecule has 1 fully saturated rings. The predicted molar refractivity (Wildman–Crippen MR) is 137 cm³/mol. The van der Waals surface area contributed by atoms with Crippen LogP contribution in [0.1, 0.15) is 35.4 Å². The summed E-state index contributed by atoms with van der Waals surface area (Å²) in [6.07, 6.45) is 2.01. The van der Waals surface area contributed by atoms with E-state index in [4.69, 9.17) is 15.2 Å². The topological polar surface area (TPSA) is 116 Å². The number of hydrogen-bond donors (Lipinski definition) is 3. The highest BCUT2D eigenvalue weighted by molar-refractivity contribution is 5.92. The summed E-state index contributed by atoms with van der Waals surface area (Å²) in [5.41, 5.74) is 6.41. The SMILES string of the molecule is NC(=O)OC[C@@H]1CO[C@H](CCc2c(F)cccc2NC(=O)C[C@@H](c2ccc(F)cc2)c2ccncc2F)CN1. The highest BCUT2D eigenvalue weighted by Crippen LogP contribution is 2.31. The molecule has 8 nitrogen and oxygen atoms in total. The van der Waals surface area contributed by atoms with Gasteiger partial charge in [-0.3, -0.25) is 9.78 Å². The number of halogens is 3. The predicted octanol–water partition coefficient (Wildman–Crippen LogP) is 4.04. The average molecular weight is 543 g/mol. The van der Waals surface area contributed by atoms with Gasteiger partial charge >= 0.3 is 6.09 Å².